The standard InChI is InChI=1S/C26H32N8O6/c27-22(35)10-20(33-23(36)18-6-3-7-29-18)25(38)32-19(9-15-12-28-13-31-15)24(37)34-21(26(39)40)8-14-11-30-17-5-2-1-4-16(14)17/h1-2,4-5,11-13,18-21,29-30H,3,6-10H2,(H2,27,35)(H,28,31)(H,32,38)(H,33,36)(H,34,37)(H,39,40). The second kappa shape index (κ2) is 12.9. The number of aromatic amines is 2. The fourth-order valence-corrected chi connectivity index (χ4v) is 4.68. The molecule has 40 heavy (non-hydrogen) atoms. The van der Waals surface area contributed by atoms with Gasteiger partial charge in [0.25, 0.3) is 0 Å². The van der Waals surface area contributed by atoms with Crippen LogP contribution in [0.1, 0.15) is 30.5 Å². The molecule has 1 aromatic carbocycles. The van der Waals surface area contributed by atoms with E-state index in [0.29, 0.717) is 24.2 Å². The van der Waals surface area contributed by atoms with Gasteiger partial charge in [0.05, 0.1) is 18.8 Å². The molecule has 1 aliphatic heterocycles. The minimum absolute atomic E-state index is 0.00937. The SMILES string of the molecule is NC(=O)CC(NC(=O)C1CCCN1)C(=O)NC(Cc1cnc[nH]1)C(=O)NC(Cc1c[nH]c2ccccc12)C(=O)O. The number of primary amides is 1. The minimum atomic E-state index is -1.33. The molecule has 0 saturated carbocycles. The van der Waals surface area contributed by atoms with Crippen molar-refractivity contribution in [3.8, 4) is 0 Å². The Morgan fingerprint density at radius 1 is 1.00 bits per heavy atom. The van der Waals surface area contributed by atoms with E-state index in [9.17, 15) is 29.1 Å². The molecule has 1 fully saturated rings. The van der Waals surface area contributed by atoms with E-state index >= 15 is 0 Å². The van der Waals surface area contributed by atoms with Gasteiger partial charge in [0.1, 0.15) is 18.1 Å². The van der Waals surface area contributed by atoms with Gasteiger partial charge >= 0.3 is 5.97 Å². The monoisotopic (exact) mass is 552 g/mol. The molecule has 0 aliphatic carbocycles. The van der Waals surface area contributed by atoms with Crippen molar-refractivity contribution < 1.29 is 29.1 Å². The van der Waals surface area contributed by atoms with Gasteiger partial charge in [-0.25, -0.2) is 9.78 Å². The third-order valence-corrected chi connectivity index (χ3v) is 6.74. The number of rotatable bonds is 13. The van der Waals surface area contributed by atoms with Gasteiger partial charge in [0, 0.05) is 41.8 Å². The van der Waals surface area contributed by atoms with E-state index in [-0.39, 0.29) is 12.8 Å². The van der Waals surface area contributed by atoms with Gasteiger partial charge in [0.2, 0.25) is 23.6 Å². The van der Waals surface area contributed by atoms with Gasteiger partial charge in [0.15, 0.2) is 0 Å². The molecule has 212 valence electrons. The quantitative estimate of drug-likeness (QED) is 0.129. The molecule has 0 bridgehead atoms. The summed E-state index contributed by atoms with van der Waals surface area (Å²) >= 11 is 0. The van der Waals surface area contributed by atoms with Crippen molar-refractivity contribution in [1.29, 1.82) is 0 Å². The first-order valence-electron chi connectivity index (χ1n) is 12.9. The molecule has 4 amide bonds. The number of para-hydroxylation sites is 1. The number of aliphatic carboxylic acids is 1. The number of carbonyl (C=O) groups excluding carboxylic acids is 4. The number of carboxylic acids is 1. The van der Waals surface area contributed by atoms with Gasteiger partial charge in [-0.05, 0) is 31.0 Å². The first kappa shape index (κ1) is 28.3. The zero-order valence-electron chi connectivity index (χ0n) is 21.6. The fourth-order valence-electron chi connectivity index (χ4n) is 4.68. The number of nitrogens with zero attached hydrogens (tertiary/aromatic N) is 1. The lowest BCUT2D eigenvalue weighted by atomic mass is 10.0. The van der Waals surface area contributed by atoms with Gasteiger partial charge < -0.3 is 42.1 Å². The van der Waals surface area contributed by atoms with Crippen LogP contribution in [0.3, 0.4) is 0 Å². The molecule has 4 rings (SSSR count). The Labute approximate surface area is 228 Å². The van der Waals surface area contributed by atoms with Crippen LogP contribution in [-0.2, 0) is 36.8 Å². The number of amides is 4. The number of H-pyrrole nitrogens is 2. The molecule has 4 unspecified atom stereocenters. The molecule has 0 spiro atoms. The zero-order chi connectivity index (χ0) is 28.6. The zero-order valence-corrected chi connectivity index (χ0v) is 21.6. The number of nitrogens with two attached hydrogens (primary N) is 1. The van der Waals surface area contributed by atoms with Crippen LogP contribution in [0, 0.1) is 0 Å². The second-order valence-electron chi connectivity index (χ2n) is 9.69. The Bertz CT molecular complexity index is 1360. The van der Waals surface area contributed by atoms with Crippen molar-refractivity contribution >= 4 is 40.5 Å². The number of carboxylic acid groups (broad SMARTS) is 1. The third-order valence-electron chi connectivity index (χ3n) is 6.74. The van der Waals surface area contributed by atoms with Gasteiger partial charge in [-0.3, -0.25) is 19.2 Å². The lowest BCUT2D eigenvalue weighted by Crippen LogP contribution is -2.58. The molecule has 14 nitrogen and oxygen atoms in total. The number of fused-ring (bicyclic) bond motifs is 1. The summed E-state index contributed by atoms with van der Waals surface area (Å²) in [6, 6.07) is 2.98. The summed E-state index contributed by atoms with van der Waals surface area (Å²) in [4.78, 5) is 72.8. The number of carbonyl (C=O) groups is 5. The molecular weight excluding hydrogens is 520 g/mol. The molecule has 3 heterocycles. The van der Waals surface area contributed by atoms with E-state index in [2.05, 4.69) is 36.2 Å². The van der Waals surface area contributed by atoms with E-state index in [4.69, 9.17) is 5.73 Å². The Morgan fingerprint density at radius 3 is 2.42 bits per heavy atom. The summed E-state index contributed by atoms with van der Waals surface area (Å²) in [5.41, 5.74) is 7.34. The Balaban J connectivity index is 1.50. The molecule has 14 heteroatoms. The van der Waals surface area contributed by atoms with Crippen LogP contribution in [0.4, 0.5) is 0 Å². The maximum Gasteiger partial charge on any atom is 0.326 e. The predicted molar refractivity (Wildman–Crippen MR) is 143 cm³/mol. The number of hydrogen-bond donors (Lipinski definition) is 8. The normalized spacial score (nSPS) is 17.1. The summed E-state index contributed by atoms with van der Waals surface area (Å²) in [5, 5.41) is 21.3. The van der Waals surface area contributed by atoms with Crippen LogP contribution in [0.5, 0.6) is 0 Å². The molecule has 1 aliphatic rings. The van der Waals surface area contributed by atoms with Crippen molar-refractivity contribution in [3.63, 3.8) is 0 Å². The van der Waals surface area contributed by atoms with E-state index in [1.165, 1.54) is 12.5 Å². The van der Waals surface area contributed by atoms with Crippen LogP contribution in [0.25, 0.3) is 10.9 Å². The van der Waals surface area contributed by atoms with Gasteiger partial charge in [-0.1, -0.05) is 18.2 Å². The number of hydrogen-bond acceptors (Lipinski definition) is 7. The maximum atomic E-state index is 13.4. The molecule has 4 atom stereocenters. The Morgan fingerprint density at radius 2 is 1.75 bits per heavy atom. The van der Waals surface area contributed by atoms with E-state index in [1.54, 1.807) is 6.20 Å². The highest BCUT2D eigenvalue weighted by Gasteiger charge is 2.32. The highest BCUT2D eigenvalue weighted by atomic mass is 16.4. The van der Waals surface area contributed by atoms with Crippen molar-refractivity contribution in [2.45, 2.75) is 56.3 Å². The average molecular weight is 553 g/mol. The highest BCUT2D eigenvalue weighted by Crippen LogP contribution is 2.19. The molecule has 1 saturated heterocycles. The van der Waals surface area contributed by atoms with Gasteiger partial charge in [-0.2, -0.15) is 0 Å². The van der Waals surface area contributed by atoms with Crippen molar-refractivity contribution in [2.75, 3.05) is 6.54 Å². The van der Waals surface area contributed by atoms with Crippen LogP contribution >= 0.6 is 0 Å². The fraction of sp³-hybridized carbons (Fsp3) is 0.385. The largest absolute Gasteiger partial charge is 0.480 e. The first-order chi connectivity index (χ1) is 19.2. The van der Waals surface area contributed by atoms with Crippen molar-refractivity contribution in [3.05, 3.63) is 54.2 Å². The third kappa shape index (κ3) is 7.22. The summed E-state index contributed by atoms with van der Waals surface area (Å²) in [6.45, 7) is 0.653. The predicted octanol–water partition coefficient (Wildman–Crippen LogP) is -1.16. The second-order valence-corrected chi connectivity index (χ2v) is 9.69. The lowest BCUT2D eigenvalue weighted by Gasteiger charge is -2.24. The molecule has 3 aromatic rings. The number of benzene rings is 1. The summed E-state index contributed by atoms with van der Waals surface area (Å²) in [5.74, 6) is -4.12. The molecule has 9 N–H and O–H groups in total. The Kier molecular flexibility index (Phi) is 9.11. The van der Waals surface area contributed by atoms with E-state index in [1.807, 2.05) is 24.3 Å². The van der Waals surface area contributed by atoms with Crippen LogP contribution in [-0.4, -0.2) is 80.4 Å². The van der Waals surface area contributed by atoms with Gasteiger partial charge in [-0.15, -0.1) is 0 Å². The van der Waals surface area contributed by atoms with Crippen LogP contribution in [0.2, 0.25) is 0 Å². The van der Waals surface area contributed by atoms with Crippen LogP contribution in [0.15, 0.2) is 43.0 Å². The summed E-state index contributed by atoms with van der Waals surface area (Å²) in [6.07, 6.45) is 5.36. The number of nitrogens with one attached hydrogen (secondary N) is 6. The highest BCUT2D eigenvalue weighted by molar-refractivity contribution is 5.96. The van der Waals surface area contributed by atoms with Crippen LogP contribution < -0.4 is 27.0 Å². The molecule has 2 aromatic heterocycles. The average Bonchev–Trinajstić information content (AvgIpc) is 3.70. The molecule has 0 radical (unpaired) electrons. The Hall–Kier alpha value is -4.72. The van der Waals surface area contributed by atoms with E-state index < -0.39 is 60.2 Å². The maximum absolute atomic E-state index is 13.4. The number of imidazole rings is 1. The summed E-state index contributed by atoms with van der Waals surface area (Å²) < 4.78 is 0. The summed E-state index contributed by atoms with van der Waals surface area (Å²) in [7, 11) is 0. The number of aromatic nitrogens is 3. The van der Waals surface area contributed by atoms with Crippen molar-refractivity contribution in [2.24, 2.45) is 5.73 Å². The lowest BCUT2D eigenvalue weighted by molar-refractivity contribution is -0.142. The first-order valence-corrected chi connectivity index (χ1v) is 12.9. The topological polar surface area (TPSA) is 224 Å². The van der Waals surface area contributed by atoms with Crippen molar-refractivity contribution in [1.82, 2.24) is 36.2 Å². The smallest absolute Gasteiger partial charge is 0.326 e. The molecular formula is C26H32N8O6. The minimum Gasteiger partial charge on any atom is -0.480 e. The van der Waals surface area contributed by atoms with E-state index in [0.717, 1.165) is 17.3 Å².